The summed E-state index contributed by atoms with van der Waals surface area (Å²) in [5, 5.41) is 13.1. The number of benzene rings is 1. The summed E-state index contributed by atoms with van der Waals surface area (Å²) in [6, 6.07) is 5.86. The summed E-state index contributed by atoms with van der Waals surface area (Å²) >= 11 is 0. The number of rotatable bonds is 2. The van der Waals surface area contributed by atoms with E-state index in [0.29, 0.717) is 17.3 Å². The highest BCUT2D eigenvalue weighted by atomic mass is 16.4. The van der Waals surface area contributed by atoms with Crippen LogP contribution in [0.5, 0.6) is 0 Å². The van der Waals surface area contributed by atoms with E-state index < -0.39 is 0 Å². The fourth-order valence-corrected chi connectivity index (χ4v) is 2.44. The van der Waals surface area contributed by atoms with Crippen molar-refractivity contribution in [3.05, 3.63) is 18.2 Å². The number of fused-ring (bicyclic) bond motifs is 1. The number of hydrogen-bond donors (Lipinski definition) is 3. The van der Waals surface area contributed by atoms with Crippen LogP contribution < -0.4 is 11.1 Å². The molecule has 0 bridgehead atoms. The van der Waals surface area contributed by atoms with Gasteiger partial charge in [0.2, 0.25) is 0 Å². The normalized spacial score (nSPS) is 24.3. The molecule has 1 aliphatic rings. The molecule has 1 fully saturated rings. The van der Waals surface area contributed by atoms with Crippen LogP contribution >= 0.6 is 0 Å². The van der Waals surface area contributed by atoms with Gasteiger partial charge in [0, 0.05) is 5.69 Å². The van der Waals surface area contributed by atoms with Gasteiger partial charge in [-0.2, -0.15) is 4.98 Å². The number of anilines is 2. The van der Waals surface area contributed by atoms with E-state index in [9.17, 15) is 5.11 Å². The lowest BCUT2D eigenvalue weighted by Gasteiger charge is -2.27. The average molecular weight is 247 g/mol. The molecule has 2 unspecified atom stereocenters. The fourth-order valence-electron chi connectivity index (χ4n) is 2.44. The lowest BCUT2D eigenvalue weighted by Crippen LogP contribution is -2.36. The van der Waals surface area contributed by atoms with Crippen LogP contribution in [0.15, 0.2) is 22.6 Å². The topological polar surface area (TPSA) is 84.3 Å². The van der Waals surface area contributed by atoms with Gasteiger partial charge in [-0.05, 0) is 31.0 Å². The molecule has 0 radical (unpaired) electrons. The molecular weight excluding hydrogens is 230 g/mol. The molecule has 3 rings (SSSR count). The van der Waals surface area contributed by atoms with Crippen molar-refractivity contribution in [1.29, 1.82) is 0 Å². The third-order valence-electron chi connectivity index (χ3n) is 3.45. The highest BCUT2D eigenvalue weighted by molar-refractivity contribution is 5.78. The van der Waals surface area contributed by atoms with Gasteiger partial charge in [-0.3, -0.25) is 0 Å². The van der Waals surface area contributed by atoms with Gasteiger partial charge < -0.3 is 20.6 Å². The van der Waals surface area contributed by atoms with Gasteiger partial charge >= 0.3 is 0 Å². The van der Waals surface area contributed by atoms with Gasteiger partial charge in [-0.25, -0.2) is 0 Å². The minimum atomic E-state index is -0.321. The largest absolute Gasteiger partial charge is 0.424 e. The van der Waals surface area contributed by atoms with Gasteiger partial charge in [-0.1, -0.05) is 12.8 Å². The van der Waals surface area contributed by atoms with Crippen LogP contribution in [-0.4, -0.2) is 22.2 Å². The van der Waals surface area contributed by atoms with E-state index in [4.69, 9.17) is 10.2 Å². The molecule has 1 saturated carbocycles. The summed E-state index contributed by atoms with van der Waals surface area (Å²) in [5.41, 5.74) is 7.81. The number of aliphatic hydroxyl groups is 1. The summed E-state index contributed by atoms with van der Waals surface area (Å²) in [7, 11) is 0. The highest BCUT2D eigenvalue weighted by Crippen LogP contribution is 2.25. The fraction of sp³-hybridized carbons (Fsp3) is 0.462. The molecule has 0 saturated heterocycles. The van der Waals surface area contributed by atoms with Gasteiger partial charge in [0.1, 0.15) is 5.52 Å². The summed E-state index contributed by atoms with van der Waals surface area (Å²) in [5.74, 6) is 0. The van der Waals surface area contributed by atoms with E-state index in [1.54, 1.807) is 18.2 Å². The Morgan fingerprint density at radius 1 is 1.33 bits per heavy atom. The van der Waals surface area contributed by atoms with Gasteiger partial charge in [0.15, 0.2) is 5.58 Å². The molecule has 1 aromatic heterocycles. The van der Waals surface area contributed by atoms with E-state index in [0.717, 1.165) is 31.2 Å². The van der Waals surface area contributed by atoms with Crippen molar-refractivity contribution in [2.75, 3.05) is 11.1 Å². The Bertz CT molecular complexity index is 552. The highest BCUT2D eigenvalue weighted by Gasteiger charge is 2.24. The first-order chi connectivity index (χ1) is 8.72. The molecule has 0 amide bonds. The van der Waals surface area contributed by atoms with E-state index in [1.165, 1.54) is 0 Å². The van der Waals surface area contributed by atoms with E-state index in [1.807, 2.05) is 0 Å². The molecule has 5 heteroatoms. The Kier molecular flexibility index (Phi) is 2.83. The Balaban J connectivity index is 1.81. The first kappa shape index (κ1) is 11.3. The van der Waals surface area contributed by atoms with Gasteiger partial charge in [0.05, 0.1) is 12.1 Å². The Morgan fingerprint density at radius 2 is 2.17 bits per heavy atom. The van der Waals surface area contributed by atoms with E-state index >= 15 is 0 Å². The van der Waals surface area contributed by atoms with Crippen molar-refractivity contribution in [2.45, 2.75) is 37.8 Å². The summed E-state index contributed by atoms with van der Waals surface area (Å²) in [6.07, 6.45) is 3.68. The standard InChI is InChI=1S/C13H17N3O2/c14-8-5-6-12-10(7-8)16-13(18-12)15-9-3-1-2-4-11(9)17/h5-7,9,11,17H,1-4,14H2,(H,15,16). The molecule has 2 atom stereocenters. The second-order valence-corrected chi connectivity index (χ2v) is 4.85. The van der Waals surface area contributed by atoms with Crippen LogP contribution in [0, 0.1) is 0 Å². The van der Waals surface area contributed by atoms with Crippen molar-refractivity contribution < 1.29 is 9.52 Å². The zero-order valence-electron chi connectivity index (χ0n) is 10.1. The number of nitrogen functional groups attached to an aromatic ring is 1. The molecule has 5 nitrogen and oxygen atoms in total. The first-order valence-corrected chi connectivity index (χ1v) is 6.33. The predicted octanol–water partition coefficient (Wildman–Crippen LogP) is 2.13. The second kappa shape index (κ2) is 4.49. The van der Waals surface area contributed by atoms with Crippen molar-refractivity contribution in [2.24, 2.45) is 0 Å². The molecule has 2 aromatic rings. The number of hydrogen-bond acceptors (Lipinski definition) is 5. The van der Waals surface area contributed by atoms with E-state index in [2.05, 4.69) is 10.3 Å². The monoisotopic (exact) mass is 247 g/mol. The smallest absolute Gasteiger partial charge is 0.295 e. The molecule has 0 spiro atoms. The number of aromatic nitrogens is 1. The zero-order chi connectivity index (χ0) is 12.5. The number of aliphatic hydroxyl groups excluding tert-OH is 1. The molecule has 1 aliphatic carbocycles. The number of nitrogens with two attached hydrogens (primary N) is 1. The summed E-state index contributed by atoms with van der Waals surface area (Å²) < 4.78 is 5.59. The predicted molar refractivity (Wildman–Crippen MR) is 70.3 cm³/mol. The maximum Gasteiger partial charge on any atom is 0.295 e. The van der Waals surface area contributed by atoms with Crippen LogP contribution in [0.2, 0.25) is 0 Å². The zero-order valence-corrected chi connectivity index (χ0v) is 10.1. The van der Waals surface area contributed by atoms with Crippen molar-refractivity contribution >= 4 is 22.8 Å². The van der Waals surface area contributed by atoms with Crippen molar-refractivity contribution in [3.63, 3.8) is 0 Å². The Labute approximate surface area is 105 Å². The minimum absolute atomic E-state index is 0.0316. The van der Waals surface area contributed by atoms with Crippen molar-refractivity contribution in [3.8, 4) is 0 Å². The summed E-state index contributed by atoms with van der Waals surface area (Å²) in [6.45, 7) is 0. The summed E-state index contributed by atoms with van der Waals surface area (Å²) in [4.78, 5) is 4.33. The van der Waals surface area contributed by atoms with Crippen LogP contribution in [0.25, 0.3) is 11.1 Å². The average Bonchev–Trinajstić information content (AvgIpc) is 2.73. The van der Waals surface area contributed by atoms with E-state index in [-0.39, 0.29) is 12.1 Å². The molecule has 1 heterocycles. The Hall–Kier alpha value is -1.75. The number of oxazole rings is 1. The quantitative estimate of drug-likeness (QED) is 0.708. The molecule has 1 aromatic carbocycles. The lowest BCUT2D eigenvalue weighted by atomic mass is 9.93. The molecule has 96 valence electrons. The van der Waals surface area contributed by atoms with Gasteiger partial charge in [0.25, 0.3) is 6.01 Å². The van der Waals surface area contributed by atoms with Crippen molar-refractivity contribution in [1.82, 2.24) is 4.98 Å². The molecule has 18 heavy (non-hydrogen) atoms. The van der Waals surface area contributed by atoms with Gasteiger partial charge in [-0.15, -0.1) is 0 Å². The molecular formula is C13H17N3O2. The number of nitrogens with one attached hydrogen (secondary N) is 1. The maximum absolute atomic E-state index is 9.90. The third-order valence-corrected chi connectivity index (χ3v) is 3.45. The first-order valence-electron chi connectivity index (χ1n) is 6.33. The van der Waals surface area contributed by atoms with Crippen LogP contribution in [0.1, 0.15) is 25.7 Å². The van der Waals surface area contributed by atoms with Crippen LogP contribution in [0.3, 0.4) is 0 Å². The van der Waals surface area contributed by atoms with Crippen LogP contribution in [-0.2, 0) is 0 Å². The maximum atomic E-state index is 9.90. The van der Waals surface area contributed by atoms with Crippen LogP contribution in [0.4, 0.5) is 11.7 Å². The second-order valence-electron chi connectivity index (χ2n) is 4.85. The number of nitrogens with zero attached hydrogens (tertiary/aromatic N) is 1. The third kappa shape index (κ3) is 2.13. The molecule has 4 N–H and O–H groups in total. The molecule has 0 aliphatic heterocycles. The SMILES string of the molecule is Nc1ccc2oc(NC3CCCCC3O)nc2c1. The lowest BCUT2D eigenvalue weighted by molar-refractivity contribution is 0.115. The Morgan fingerprint density at radius 3 is 3.00 bits per heavy atom. The minimum Gasteiger partial charge on any atom is -0.424 e.